The number of carbonyl (C=O) groups is 2. The van der Waals surface area contributed by atoms with Gasteiger partial charge < -0.3 is 30.6 Å². The van der Waals surface area contributed by atoms with Crippen LogP contribution in [0.1, 0.15) is 22.8 Å². The number of hydrogen-bond acceptors (Lipinski definition) is 9. The first-order valence-corrected chi connectivity index (χ1v) is 12.9. The Labute approximate surface area is 231 Å². The summed E-state index contributed by atoms with van der Waals surface area (Å²) in [6.07, 6.45) is 2.89. The first kappa shape index (κ1) is 26.9. The number of carbonyl (C=O) groups excluding carboxylic acids is 2. The van der Waals surface area contributed by atoms with E-state index in [2.05, 4.69) is 25.6 Å². The number of urea groups is 1. The molecule has 1 aliphatic heterocycles. The number of nitrogens with two attached hydrogens (primary N) is 1. The normalized spacial score (nSPS) is 13.7. The van der Waals surface area contributed by atoms with E-state index in [0.717, 1.165) is 24.4 Å². The number of ether oxygens (including phenoxy) is 3. The van der Waals surface area contributed by atoms with Gasteiger partial charge in [0, 0.05) is 48.3 Å². The van der Waals surface area contributed by atoms with Gasteiger partial charge in [-0.1, -0.05) is 12.1 Å². The molecule has 208 valence electrons. The summed E-state index contributed by atoms with van der Waals surface area (Å²) in [7, 11) is 1.63. The second-order valence-electron chi connectivity index (χ2n) is 9.15. The van der Waals surface area contributed by atoms with E-state index >= 15 is 0 Å². The number of rotatable bonds is 8. The highest BCUT2D eigenvalue weighted by molar-refractivity contribution is 6.05. The molecule has 1 aliphatic rings. The predicted molar refractivity (Wildman–Crippen MR) is 151 cm³/mol. The zero-order valence-electron chi connectivity index (χ0n) is 22.3. The number of nitrogen functional groups attached to an aromatic ring is 1. The number of nitrogens with one attached hydrogen (secondary N) is 2. The molecule has 0 saturated carbocycles. The van der Waals surface area contributed by atoms with Crippen LogP contribution in [0.3, 0.4) is 0 Å². The average Bonchev–Trinajstić information content (AvgIpc) is 3.36. The van der Waals surface area contributed by atoms with Gasteiger partial charge in [0.1, 0.15) is 17.6 Å². The molecule has 0 aliphatic carbocycles. The fraction of sp³-hybridized carbons (Fsp3) is 0.286. The Bertz CT molecular complexity index is 1510. The molecule has 1 fully saturated rings. The quantitative estimate of drug-likeness (QED) is 0.283. The van der Waals surface area contributed by atoms with E-state index in [4.69, 9.17) is 19.9 Å². The van der Waals surface area contributed by atoms with Crippen LogP contribution in [0.2, 0.25) is 0 Å². The van der Waals surface area contributed by atoms with Crippen molar-refractivity contribution in [2.24, 2.45) is 0 Å². The van der Waals surface area contributed by atoms with Crippen molar-refractivity contribution in [3.63, 3.8) is 0 Å². The summed E-state index contributed by atoms with van der Waals surface area (Å²) in [5.74, 6) is 0.505. The van der Waals surface area contributed by atoms with Crippen molar-refractivity contribution in [2.75, 3.05) is 56.4 Å². The maximum Gasteiger partial charge on any atom is 0.340 e. The van der Waals surface area contributed by atoms with Crippen molar-refractivity contribution < 1.29 is 23.8 Å². The van der Waals surface area contributed by atoms with Gasteiger partial charge in [0.25, 0.3) is 0 Å². The standard InChI is InChI=1S/C28H31N7O5/c1-3-40-27(36)22-16-35-25(26(29)30-17-31-35)24(22)18-4-6-20(7-5-18)32-28(37)33-21-8-9-23(38-2)19(14-21)15-34-10-12-39-13-11-34/h4-9,14,16-17H,3,10-13,15H2,1-2H3,(H2,29,30,31)(H2,32,33,37). The van der Waals surface area contributed by atoms with Gasteiger partial charge in [-0.25, -0.2) is 19.1 Å². The fourth-order valence-corrected chi connectivity index (χ4v) is 4.68. The maximum atomic E-state index is 12.8. The van der Waals surface area contributed by atoms with E-state index in [9.17, 15) is 9.59 Å². The van der Waals surface area contributed by atoms with Gasteiger partial charge in [-0.3, -0.25) is 4.90 Å². The molecule has 0 atom stereocenters. The summed E-state index contributed by atoms with van der Waals surface area (Å²) < 4.78 is 17.7. The molecule has 12 heteroatoms. The highest BCUT2D eigenvalue weighted by Crippen LogP contribution is 2.33. The molecule has 0 spiro atoms. The number of morpholine rings is 1. The van der Waals surface area contributed by atoms with Crippen molar-refractivity contribution in [3.05, 3.63) is 66.1 Å². The molecule has 40 heavy (non-hydrogen) atoms. The zero-order chi connectivity index (χ0) is 28.1. The van der Waals surface area contributed by atoms with Gasteiger partial charge >= 0.3 is 12.0 Å². The van der Waals surface area contributed by atoms with Crippen LogP contribution in [0, 0.1) is 0 Å². The second kappa shape index (κ2) is 12.0. The lowest BCUT2D eigenvalue weighted by molar-refractivity contribution is 0.0339. The molecule has 3 heterocycles. The Morgan fingerprint density at radius 3 is 2.52 bits per heavy atom. The Balaban J connectivity index is 1.32. The number of amides is 2. The summed E-state index contributed by atoms with van der Waals surface area (Å²) in [4.78, 5) is 31.8. The Hall–Kier alpha value is -4.68. The van der Waals surface area contributed by atoms with E-state index in [-0.39, 0.29) is 12.4 Å². The molecular formula is C28H31N7O5. The predicted octanol–water partition coefficient (Wildman–Crippen LogP) is 3.64. The highest BCUT2D eigenvalue weighted by Gasteiger charge is 2.22. The number of hydrogen-bond donors (Lipinski definition) is 3. The second-order valence-corrected chi connectivity index (χ2v) is 9.15. The monoisotopic (exact) mass is 545 g/mol. The van der Waals surface area contributed by atoms with Crippen molar-refractivity contribution in [3.8, 4) is 16.9 Å². The summed E-state index contributed by atoms with van der Waals surface area (Å²) in [6, 6.07) is 12.2. The minimum Gasteiger partial charge on any atom is -0.496 e. The molecule has 1 saturated heterocycles. The van der Waals surface area contributed by atoms with Crippen LogP contribution in [-0.4, -0.2) is 71.5 Å². The number of benzene rings is 2. The topological polar surface area (TPSA) is 145 Å². The van der Waals surface area contributed by atoms with Crippen LogP contribution in [0.15, 0.2) is 55.0 Å². The summed E-state index contributed by atoms with van der Waals surface area (Å²) >= 11 is 0. The van der Waals surface area contributed by atoms with Gasteiger partial charge in [-0.2, -0.15) is 5.10 Å². The Morgan fingerprint density at radius 1 is 1.07 bits per heavy atom. The highest BCUT2D eigenvalue weighted by atomic mass is 16.5. The molecule has 0 radical (unpaired) electrons. The Morgan fingerprint density at radius 2 is 1.80 bits per heavy atom. The van der Waals surface area contributed by atoms with Gasteiger partial charge in [-0.15, -0.1) is 0 Å². The lowest BCUT2D eigenvalue weighted by Gasteiger charge is -2.27. The van der Waals surface area contributed by atoms with Gasteiger partial charge in [0.05, 0.1) is 32.5 Å². The number of aromatic nitrogens is 3. The molecule has 0 unspecified atom stereocenters. The fourth-order valence-electron chi connectivity index (χ4n) is 4.68. The van der Waals surface area contributed by atoms with E-state index in [1.165, 1.54) is 10.8 Å². The summed E-state index contributed by atoms with van der Waals surface area (Å²) in [6.45, 7) is 5.76. The van der Waals surface area contributed by atoms with Crippen molar-refractivity contribution in [2.45, 2.75) is 13.5 Å². The van der Waals surface area contributed by atoms with Crippen LogP contribution in [0.4, 0.5) is 22.0 Å². The first-order valence-electron chi connectivity index (χ1n) is 12.9. The molecule has 4 aromatic rings. The minimum absolute atomic E-state index is 0.229. The number of esters is 1. The number of anilines is 3. The van der Waals surface area contributed by atoms with Gasteiger partial charge in [0.15, 0.2) is 5.82 Å². The largest absolute Gasteiger partial charge is 0.496 e. The van der Waals surface area contributed by atoms with Gasteiger partial charge in [-0.05, 0) is 42.8 Å². The lowest BCUT2D eigenvalue weighted by atomic mass is 10.0. The number of fused-ring (bicyclic) bond motifs is 1. The van der Waals surface area contributed by atoms with Crippen LogP contribution < -0.4 is 21.1 Å². The van der Waals surface area contributed by atoms with Crippen LogP contribution in [0.5, 0.6) is 5.75 Å². The third-order valence-corrected chi connectivity index (χ3v) is 6.56. The smallest absolute Gasteiger partial charge is 0.340 e. The molecule has 0 bridgehead atoms. The minimum atomic E-state index is -0.489. The SMILES string of the molecule is CCOC(=O)c1cn2ncnc(N)c2c1-c1ccc(NC(=O)Nc2ccc(OC)c(CN3CCOCC3)c2)cc1. The molecular weight excluding hydrogens is 514 g/mol. The van der Waals surface area contributed by atoms with Crippen LogP contribution >= 0.6 is 0 Å². The van der Waals surface area contributed by atoms with Crippen LogP contribution in [-0.2, 0) is 16.0 Å². The molecule has 4 N–H and O–H groups in total. The average molecular weight is 546 g/mol. The summed E-state index contributed by atoms with van der Waals surface area (Å²) in [5, 5.41) is 9.90. The van der Waals surface area contributed by atoms with Crippen molar-refractivity contribution in [1.82, 2.24) is 19.5 Å². The van der Waals surface area contributed by atoms with Gasteiger partial charge in [0.2, 0.25) is 0 Å². The molecule has 2 amide bonds. The third-order valence-electron chi connectivity index (χ3n) is 6.56. The van der Waals surface area contributed by atoms with E-state index in [1.54, 1.807) is 50.6 Å². The number of nitrogens with zero attached hydrogens (tertiary/aromatic N) is 4. The van der Waals surface area contributed by atoms with Crippen molar-refractivity contribution >= 4 is 34.7 Å². The molecule has 5 rings (SSSR count). The van der Waals surface area contributed by atoms with E-state index in [0.29, 0.717) is 53.3 Å². The van der Waals surface area contributed by atoms with E-state index < -0.39 is 12.0 Å². The molecule has 12 nitrogen and oxygen atoms in total. The van der Waals surface area contributed by atoms with E-state index in [1.807, 2.05) is 12.1 Å². The van der Waals surface area contributed by atoms with Crippen molar-refractivity contribution in [1.29, 1.82) is 0 Å². The zero-order valence-corrected chi connectivity index (χ0v) is 22.3. The third kappa shape index (κ3) is 5.82. The number of methoxy groups -OCH3 is 1. The lowest BCUT2D eigenvalue weighted by Crippen LogP contribution is -2.35. The van der Waals surface area contributed by atoms with Crippen LogP contribution in [0.25, 0.3) is 16.6 Å². The Kier molecular flexibility index (Phi) is 8.08. The summed E-state index contributed by atoms with van der Waals surface area (Å²) in [5.41, 5.74) is 10.4. The maximum absolute atomic E-state index is 12.8. The first-order chi connectivity index (χ1) is 19.5. The molecule has 2 aromatic carbocycles. The molecule has 2 aromatic heterocycles.